The van der Waals surface area contributed by atoms with Crippen LogP contribution in [0.15, 0.2) is 36.8 Å². The first kappa shape index (κ1) is 11.5. The van der Waals surface area contributed by atoms with Crippen molar-refractivity contribution < 1.29 is 14.6 Å². The molecule has 4 aromatic rings. The lowest BCUT2D eigenvalue weighted by molar-refractivity contribution is 0.0128. The number of pyridine rings is 2. The van der Waals surface area contributed by atoms with Crippen LogP contribution in [0.1, 0.15) is 18.0 Å². The fourth-order valence-electron chi connectivity index (χ4n) is 3.16. The molecule has 0 spiro atoms. The van der Waals surface area contributed by atoms with Crippen molar-refractivity contribution in [2.24, 2.45) is 0 Å². The summed E-state index contributed by atoms with van der Waals surface area (Å²) in [6.07, 6.45) is 2.21. The number of fused-ring (bicyclic) bond motifs is 2. The number of hydrogen-bond acceptors (Lipinski definition) is 5. The standard InChI is InChI=1S/C18H15FN6O/c1-10-8-25-15(9-26-10)16(12-4-5-20-18-13(12)7-22-23-18)17(24-25)14-3-2-11(19)6-21-14/h2-7,10H,8-9H2,1H3,(H,20,22,23)/i1D3,10D. The molecule has 0 fully saturated rings. The van der Waals surface area contributed by atoms with E-state index in [9.17, 15) is 4.39 Å². The van der Waals surface area contributed by atoms with E-state index in [4.69, 9.17) is 10.2 Å². The van der Waals surface area contributed by atoms with Crippen molar-refractivity contribution in [3.63, 3.8) is 0 Å². The van der Waals surface area contributed by atoms with Gasteiger partial charge in [0.25, 0.3) is 0 Å². The normalized spacial score (nSPS) is 22.3. The van der Waals surface area contributed by atoms with Gasteiger partial charge in [0.05, 0.1) is 44.4 Å². The molecule has 4 aromatic heterocycles. The summed E-state index contributed by atoms with van der Waals surface area (Å²) in [4.78, 5) is 8.39. The van der Waals surface area contributed by atoms with E-state index in [1.54, 1.807) is 18.5 Å². The smallest absolute Gasteiger partial charge is 0.155 e. The highest BCUT2D eigenvalue weighted by Crippen LogP contribution is 2.38. The zero-order chi connectivity index (χ0) is 21.1. The summed E-state index contributed by atoms with van der Waals surface area (Å²) >= 11 is 0. The second-order valence-electron chi connectivity index (χ2n) is 5.89. The van der Waals surface area contributed by atoms with Crippen LogP contribution in [-0.2, 0) is 17.9 Å². The first-order chi connectivity index (χ1) is 14.3. The highest BCUT2D eigenvalue weighted by molar-refractivity contribution is 5.97. The lowest BCUT2D eigenvalue weighted by atomic mass is 9.99. The molecule has 0 amide bonds. The SMILES string of the molecule is [2H]C([2H])([2H])C1([2H])Cn2nc(-c3ccc(F)cn3)c(-c3ccnc4[nH]ncc34)c2CO1. The molecule has 8 heteroatoms. The fraction of sp³-hybridized carbons (Fsp3) is 0.222. The molecule has 5 rings (SSSR count). The van der Waals surface area contributed by atoms with Crippen LogP contribution in [0, 0.1) is 5.82 Å². The number of nitrogens with zero attached hydrogens (tertiary/aromatic N) is 5. The molecule has 5 heterocycles. The van der Waals surface area contributed by atoms with Gasteiger partial charge < -0.3 is 4.74 Å². The number of H-pyrrole nitrogens is 1. The van der Waals surface area contributed by atoms with Crippen LogP contribution in [0.3, 0.4) is 0 Å². The van der Waals surface area contributed by atoms with E-state index in [1.165, 1.54) is 16.8 Å². The van der Waals surface area contributed by atoms with Gasteiger partial charge in [0.15, 0.2) is 5.65 Å². The molecule has 0 radical (unpaired) electrons. The maximum absolute atomic E-state index is 13.4. The third-order valence-corrected chi connectivity index (χ3v) is 4.33. The third kappa shape index (κ3) is 2.30. The number of ether oxygens (including phenoxy) is 1. The Hall–Kier alpha value is -3.13. The molecule has 0 aliphatic carbocycles. The van der Waals surface area contributed by atoms with Gasteiger partial charge in [0.2, 0.25) is 0 Å². The van der Waals surface area contributed by atoms with Crippen LogP contribution in [0.5, 0.6) is 0 Å². The molecular weight excluding hydrogens is 335 g/mol. The Bertz CT molecular complexity index is 1250. The van der Waals surface area contributed by atoms with Gasteiger partial charge in [-0.25, -0.2) is 9.37 Å². The summed E-state index contributed by atoms with van der Waals surface area (Å²) in [5.41, 5.74) is 3.39. The van der Waals surface area contributed by atoms with E-state index >= 15 is 0 Å². The van der Waals surface area contributed by atoms with Gasteiger partial charge in [-0.15, -0.1) is 0 Å². The molecule has 0 bridgehead atoms. The molecular formula is C18H15FN6O. The van der Waals surface area contributed by atoms with Crippen molar-refractivity contribution >= 4 is 11.0 Å². The molecule has 0 saturated heterocycles. The monoisotopic (exact) mass is 354 g/mol. The van der Waals surface area contributed by atoms with Crippen molar-refractivity contribution in [3.05, 3.63) is 48.3 Å². The van der Waals surface area contributed by atoms with Crippen LogP contribution in [0.4, 0.5) is 4.39 Å². The fourth-order valence-corrected chi connectivity index (χ4v) is 3.16. The van der Waals surface area contributed by atoms with Gasteiger partial charge in [-0.3, -0.25) is 14.8 Å². The Balaban J connectivity index is 1.75. The number of nitrogens with one attached hydrogen (secondary N) is 1. The Morgan fingerprint density at radius 1 is 1.35 bits per heavy atom. The molecule has 7 nitrogen and oxygen atoms in total. The minimum Gasteiger partial charge on any atom is -0.370 e. The topological polar surface area (TPSA) is 81.5 Å². The Labute approximate surface area is 153 Å². The Morgan fingerprint density at radius 3 is 3.15 bits per heavy atom. The van der Waals surface area contributed by atoms with Crippen LogP contribution >= 0.6 is 0 Å². The summed E-state index contributed by atoms with van der Waals surface area (Å²) in [5, 5.41) is 12.1. The highest BCUT2D eigenvalue weighted by atomic mass is 19.1. The summed E-state index contributed by atoms with van der Waals surface area (Å²) in [6.45, 7) is -3.07. The predicted octanol–water partition coefficient (Wildman–Crippen LogP) is 2.94. The van der Waals surface area contributed by atoms with Crippen molar-refractivity contribution in [2.45, 2.75) is 26.1 Å². The Kier molecular flexibility index (Phi) is 2.52. The molecule has 0 saturated carbocycles. The summed E-state index contributed by atoms with van der Waals surface area (Å²) in [6, 6.07) is 4.56. The van der Waals surface area contributed by atoms with Gasteiger partial charge in [-0.2, -0.15) is 10.2 Å². The van der Waals surface area contributed by atoms with Crippen LogP contribution in [0.25, 0.3) is 33.5 Å². The van der Waals surface area contributed by atoms with E-state index < -0.39 is 18.7 Å². The van der Waals surface area contributed by atoms with Crippen molar-refractivity contribution in [1.29, 1.82) is 0 Å². The molecule has 1 aliphatic heterocycles. The van der Waals surface area contributed by atoms with Gasteiger partial charge >= 0.3 is 0 Å². The minimum absolute atomic E-state index is 0.132. The van der Waals surface area contributed by atoms with Gasteiger partial charge in [-0.1, -0.05) is 0 Å². The van der Waals surface area contributed by atoms with E-state index in [0.717, 1.165) is 17.1 Å². The summed E-state index contributed by atoms with van der Waals surface area (Å²) in [5.74, 6) is -0.485. The zero-order valence-electron chi connectivity index (χ0n) is 17.4. The lowest BCUT2D eigenvalue weighted by Gasteiger charge is -2.21. The number of hydrogen-bond donors (Lipinski definition) is 1. The molecule has 1 unspecified atom stereocenters. The van der Waals surface area contributed by atoms with E-state index in [1.807, 2.05) is 0 Å². The first-order valence-electron chi connectivity index (χ1n) is 9.91. The van der Waals surface area contributed by atoms with Gasteiger partial charge in [0, 0.05) is 26.8 Å². The summed E-state index contributed by atoms with van der Waals surface area (Å²) in [7, 11) is 0. The van der Waals surface area contributed by atoms with Crippen LogP contribution < -0.4 is 0 Å². The number of rotatable bonds is 2. The molecule has 0 aromatic carbocycles. The van der Waals surface area contributed by atoms with Crippen molar-refractivity contribution in [1.82, 2.24) is 29.9 Å². The molecule has 1 atom stereocenters. The summed E-state index contributed by atoms with van der Waals surface area (Å²) < 4.78 is 51.7. The average molecular weight is 354 g/mol. The second kappa shape index (κ2) is 5.70. The van der Waals surface area contributed by atoms with Crippen LogP contribution in [0.2, 0.25) is 0 Å². The van der Waals surface area contributed by atoms with E-state index in [-0.39, 0.29) is 13.2 Å². The van der Waals surface area contributed by atoms with E-state index in [2.05, 4.69) is 25.3 Å². The largest absolute Gasteiger partial charge is 0.370 e. The highest BCUT2D eigenvalue weighted by Gasteiger charge is 2.27. The first-order valence-corrected chi connectivity index (χ1v) is 7.91. The van der Waals surface area contributed by atoms with Gasteiger partial charge in [0.1, 0.15) is 11.5 Å². The predicted molar refractivity (Wildman–Crippen MR) is 92.5 cm³/mol. The van der Waals surface area contributed by atoms with Crippen molar-refractivity contribution in [3.8, 4) is 22.5 Å². The quantitative estimate of drug-likeness (QED) is 0.598. The maximum Gasteiger partial charge on any atom is 0.155 e. The minimum atomic E-state index is -2.65. The van der Waals surface area contributed by atoms with Crippen molar-refractivity contribution in [2.75, 3.05) is 0 Å². The molecule has 1 aliphatic rings. The Morgan fingerprint density at radius 2 is 2.31 bits per heavy atom. The van der Waals surface area contributed by atoms with E-state index in [0.29, 0.717) is 28.3 Å². The molecule has 130 valence electrons. The molecule has 26 heavy (non-hydrogen) atoms. The van der Waals surface area contributed by atoms with Gasteiger partial charge in [-0.05, 0) is 25.1 Å². The zero-order valence-corrected chi connectivity index (χ0v) is 13.4. The average Bonchev–Trinajstić information content (AvgIpc) is 3.31. The van der Waals surface area contributed by atoms with Crippen LogP contribution in [-0.4, -0.2) is 36.0 Å². The number of aromatic nitrogens is 6. The number of halogens is 1. The maximum atomic E-state index is 13.4. The number of aromatic amines is 1. The lowest BCUT2D eigenvalue weighted by Crippen LogP contribution is -2.25. The second-order valence-corrected chi connectivity index (χ2v) is 5.89. The molecule has 1 N–H and O–H groups in total. The third-order valence-electron chi connectivity index (χ3n) is 4.33.